The molecule has 2 atom stereocenters. The maximum absolute atomic E-state index is 12.8. The van der Waals surface area contributed by atoms with E-state index in [-0.39, 0.29) is 25.8 Å². The number of carbonyl (C=O) groups excluding carboxylic acids is 1. The van der Waals surface area contributed by atoms with Gasteiger partial charge in [-0.3, -0.25) is 9.36 Å². The number of carbonyl (C=O) groups is 1. The molecule has 0 aromatic rings. The Kier molecular flexibility index (Phi) is 50.5. The lowest BCUT2D eigenvalue weighted by molar-refractivity contribution is -0.870. The van der Waals surface area contributed by atoms with Gasteiger partial charge in [0.2, 0.25) is 0 Å². The van der Waals surface area contributed by atoms with E-state index in [1.807, 2.05) is 21.1 Å². The van der Waals surface area contributed by atoms with Crippen molar-refractivity contribution in [1.82, 2.24) is 0 Å². The number of phosphoric acid groups is 1. The first kappa shape index (κ1) is 65.5. The summed E-state index contributed by atoms with van der Waals surface area (Å²) in [5, 5.41) is 0. The number of rotatable bonds is 56. The number of ether oxygens (including phenoxy) is 2. The van der Waals surface area contributed by atoms with E-state index in [2.05, 4.69) is 13.8 Å². The number of phosphoric ester groups is 1. The summed E-state index contributed by atoms with van der Waals surface area (Å²) in [7, 11) is 1.38. The first-order chi connectivity index (χ1) is 32.1. The molecule has 0 aromatic heterocycles. The Morgan fingerprint density at radius 1 is 0.409 bits per heavy atom. The summed E-state index contributed by atoms with van der Waals surface area (Å²) in [6.45, 7) is 5.51. The van der Waals surface area contributed by atoms with Crippen LogP contribution in [0.1, 0.15) is 303 Å². The van der Waals surface area contributed by atoms with E-state index in [9.17, 15) is 14.3 Å². The lowest BCUT2D eigenvalue weighted by Crippen LogP contribution is -2.37. The predicted octanol–water partition coefficient (Wildman–Crippen LogP) is 17.7. The number of hydrogen-bond donors (Lipinski definition) is 0. The van der Waals surface area contributed by atoms with Gasteiger partial charge in [-0.15, -0.1) is 0 Å². The topological polar surface area (TPSA) is 94.1 Å². The van der Waals surface area contributed by atoms with E-state index in [1.54, 1.807) is 0 Å². The van der Waals surface area contributed by atoms with Gasteiger partial charge in [0.1, 0.15) is 19.3 Å². The molecule has 8 nitrogen and oxygen atoms in total. The monoisotopic (exact) mass is 958 g/mol. The minimum absolute atomic E-state index is 0.0320. The molecule has 0 heterocycles. The van der Waals surface area contributed by atoms with Crippen molar-refractivity contribution in [3.63, 3.8) is 0 Å². The van der Waals surface area contributed by atoms with Gasteiger partial charge in [-0.1, -0.05) is 284 Å². The fourth-order valence-electron chi connectivity index (χ4n) is 8.90. The van der Waals surface area contributed by atoms with E-state index >= 15 is 0 Å². The number of hydrogen-bond acceptors (Lipinski definition) is 7. The Morgan fingerprint density at radius 2 is 0.697 bits per heavy atom. The molecule has 0 N–H and O–H groups in total. The Balaban J connectivity index is 3.99. The zero-order chi connectivity index (χ0) is 48.3. The number of nitrogens with zero attached hydrogens (tertiary/aromatic N) is 1. The summed E-state index contributed by atoms with van der Waals surface area (Å²) in [4.78, 5) is 25.2. The molecule has 0 aromatic carbocycles. The average Bonchev–Trinajstić information content (AvgIpc) is 3.28. The van der Waals surface area contributed by atoms with Crippen LogP contribution < -0.4 is 4.89 Å². The van der Waals surface area contributed by atoms with Crippen molar-refractivity contribution in [2.45, 2.75) is 309 Å². The standard InChI is InChI=1S/C57H116NO7P/c1-6-8-10-12-14-16-18-20-22-24-26-28-29-30-31-33-35-37-39-41-43-45-47-49-52-62-54-56(55-64-66(60,61)63-53-51-58(3,4)5)65-57(59)50-48-46-44-42-40-38-36-34-32-27-25-23-21-19-17-15-13-11-9-7-2/h56H,6-55H2,1-5H3. The molecular weight excluding hydrogens is 842 g/mol. The molecule has 0 aliphatic rings. The van der Waals surface area contributed by atoms with Crippen LogP contribution in [-0.2, 0) is 27.9 Å². The van der Waals surface area contributed by atoms with Crippen LogP contribution in [0, 0.1) is 0 Å². The lowest BCUT2D eigenvalue weighted by atomic mass is 10.0. The highest BCUT2D eigenvalue weighted by molar-refractivity contribution is 7.45. The third-order valence-corrected chi connectivity index (χ3v) is 14.4. The van der Waals surface area contributed by atoms with Gasteiger partial charge < -0.3 is 27.9 Å². The van der Waals surface area contributed by atoms with Gasteiger partial charge in [0.15, 0.2) is 0 Å². The maximum Gasteiger partial charge on any atom is 0.306 e. The van der Waals surface area contributed by atoms with Crippen molar-refractivity contribution in [2.24, 2.45) is 0 Å². The molecule has 2 unspecified atom stereocenters. The second kappa shape index (κ2) is 50.9. The first-order valence-electron chi connectivity index (χ1n) is 29.3. The van der Waals surface area contributed by atoms with Gasteiger partial charge in [-0.25, -0.2) is 0 Å². The lowest BCUT2D eigenvalue weighted by Gasteiger charge is -2.28. The normalized spacial score (nSPS) is 13.4. The van der Waals surface area contributed by atoms with E-state index in [0.29, 0.717) is 24.1 Å². The van der Waals surface area contributed by atoms with Crippen LogP contribution in [0.3, 0.4) is 0 Å². The molecule has 0 aliphatic heterocycles. The minimum atomic E-state index is -4.53. The average molecular weight is 959 g/mol. The zero-order valence-electron chi connectivity index (χ0n) is 45.2. The van der Waals surface area contributed by atoms with Gasteiger partial charge in [0, 0.05) is 13.0 Å². The molecule has 66 heavy (non-hydrogen) atoms. The SMILES string of the molecule is CCCCCCCCCCCCCCCCCCCCCCCCCCOCC(COP(=O)([O-])OCC[N+](C)(C)C)OC(=O)CCCCCCCCCCCCCCCCCCCCCC. The van der Waals surface area contributed by atoms with Gasteiger partial charge >= 0.3 is 5.97 Å². The van der Waals surface area contributed by atoms with E-state index < -0.39 is 13.9 Å². The predicted molar refractivity (Wildman–Crippen MR) is 282 cm³/mol. The Bertz CT molecular complexity index is 1020. The summed E-state index contributed by atoms with van der Waals surface area (Å²) in [6, 6.07) is 0. The fourth-order valence-corrected chi connectivity index (χ4v) is 9.63. The Morgan fingerprint density at radius 3 is 1.00 bits per heavy atom. The Labute approximate surface area is 412 Å². The maximum atomic E-state index is 12.8. The third kappa shape index (κ3) is 54.4. The van der Waals surface area contributed by atoms with Crippen LogP contribution in [-0.4, -0.2) is 70.7 Å². The molecule has 0 saturated carbocycles. The molecule has 0 bridgehead atoms. The van der Waals surface area contributed by atoms with Gasteiger partial charge in [0.25, 0.3) is 7.82 Å². The molecule has 0 saturated heterocycles. The van der Waals surface area contributed by atoms with Crippen molar-refractivity contribution in [1.29, 1.82) is 0 Å². The zero-order valence-corrected chi connectivity index (χ0v) is 46.1. The Hall–Kier alpha value is -0.500. The molecule has 0 spiro atoms. The molecule has 396 valence electrons. The van der Waals surface area contributed by atoms with Gasteiger partial charge in [-0.2, -0.15) is 0 Å². The second-order valence-corrected chi connectivity index (χ2v) is 22.8. The largest absolute Gasteiger partial charge is 0.756 e. The van der Waals surface area contributed by atoms with Crippen molar-refractivity contribution in [3.05, 3.63) is 0 Å². The van der Waals surface area contributed by atoms with Gasteiger partial charge in [-0.05, 0) is 12.8 Å². The van der Waals surface area contributed by atoms with Crippen molar-refractivity contribution < 1.29 is 37.3 Å². The van der Waals surface area contributed by atoms with Crippen molar-refractivity contribution in [2.75, 3.05) is 54.1 Å². The van der Waals surface area contributed by atoms with Crippen LogP contribution in [0.15, 0.2) is 0 Å². The molecule has 0 fully saturated rings. The molecular formula is C57H116NO7P. The highest BCUT2D eigenvalue weighted by Gasteiger charge is 2.20. The summed E-state index contributed by atoms with van der Waals surface area (Å²) in [5.41, 5.74) is 0. The fraction of sp³-hybridized carbons (Fsp3) is 0.982. The van der Waals surface area contributed by atoms with Crippen molar-refractivity contribution in [3.8, 4) is 0 Å². The van der Waals surface area contributed by atoms with Crippen LogP contribution in [0.2, 0.25) is 0 Å². The smallest absolute Gasteiger partial charge is 0.306 e. The number of quaternary nitrogens is 1. The molecule has 0 rings (SSSR count). The highest BCUT2D eigenvalue weighted by atomic mass is 31.2. The molecule has 0 amide bonds. The summed E-state index contributed by atoms with van der Waals surface area (Å²) in [6.07, 6.45) is 58.6. The molecule has 0 radical (unpaired) electrons. The summed E-state index contributed by atoms with van der Waals surface area (Å²) < 4.78 is 34.9. The van der Waals surface area contributed by atoms with E-state index in [4.69, 9.17) is 18.5 Å². The van der Waals surface area contributed by atoms with Crippen LogP contribution in [0.25, 0.3) is 0 Å². The first-order valence-corrected chi connectivity index (χ1v) is 30.7. The molecule has 9 heteroatoms. The third-order valence-electron chi connectivity index (χ3n) is 13.4. The van der Waals surface area contributed by atoms with Gasteiger partial charge in [0.05, 0.1) is 34.4 Å². The molecule has 0 aliphatic carbocycles. The number of unbranched alkanes of at least 4 members (excludes halogenated alkanes) is 42. The summed E-state index contributed by atoms with van der Waals surface area (Å²) >= 11 is 0. The minimum Gasteiger partial charge on any atom is -0.756 e. The van der Waals surface area contributed by atoms with E-state index in [1.165, 1.54) is 250 Å². The van der Waals surface area contributed by atoms with Crippen LogP contribution in [0.5, 0.6) is 0 Å². The number of likely N-dealkylation sites (N-methyl/N-ethyl adjacent to an activating group) is 1. The highest BCUT2D eigenvalue weighted by Crippen LogP contribution is 2.38. The second-order valence-electron chi connectivity index (χ2n) is 21.4. The number of esters is 1. The summed E-state index contributed by atoms with van der Waals surface area (Å²) in [5.74, 6) is -0.323. The van der Waals surface area contributed by atoms with Crippen LogP contribution in [0.4, 0.5) is 0 Å². The van der Waals surface area contributed by atoms with Crippen LogP contribution >= 0.6 is 7.82 Å². The quantitative estimate of drug-likeness (QED) is 0.0259. The van der Waals surface area contributed by atoms with E-state index in [0.717, 1.165) is 32.1 Å². The van der Waals surface area contributed by atoms with Crippen molar-refractivity contribution >= 4 is 13.8 Å².